The molecule has 2 aliphatic rings. The number of nitrogens with zero attached hydrogens (tertiary/aromatic N) is 2. The molecule has 1 aliphatic carbocycles. The molecule has 206 valence electrons. The maximum absolute atomic E-state index is 13.2. The highest BCUT2D eigenvalue weighted by atomic mass is 35.5. The van der Waals surface area contributed by atoms with Crippen molar-refractivity contribution in [3.63, 3.8) is 0 Å². The third-order valence-electron chi connectivity index (χ3n) is 6.50. The summed E-state index contributed by atoms with van der Waals surface area (Å²) in [5.74, 6) is 0.306. The Morgan fingerprint density at radius 1 is 1.27 bits per heavy atom. The number of benzene rings is 1. The minimum atomic E-state index is -4.36. The quantitative estimate of drug-likeness (QED) is 0.372. The maximum atomic E-state index is 13.2. The van der Waals surface area contributed by atoms with E-state index in [0.29, 0.717) is 28.8 Å². The topological polar surface area (TPSA) is 90.9 Å². The van der Waals surface area contributed by atoms with Crippen LogP contribution in [0.3, 0.4) is 0 Å². The van der Waals surface area contributed by atoms with E-state index in [4.69, 9.17) is 11.6 Å². The van der Waals surface area contributed by atoms with Gasteiger partial charge >= 0.3 is 6.18 Å². The Morgan fingerprint density at radius 2 is 1.92 bits per heavy atom. The van der Waals surface area contributed by atoms with Crippen molar-refractivity contribution < 1.29 is 26.4 Å². The molecule has 2 N–H and O–H groups in total. The van der Waals surface area contributed by atoms with E-state index in [2.05, 4.69) is 22.2 Å². The smallest absolute Gasteiger partial charge is 0.357 e. The number of rotatable bonds is 13. The van der Waals surface area contributed by atoms with Crippen molar-refractivity contribution in [2.24, 2.45) is 10.9 Å². The molecule has 7 nitrogen and oxygen atoms in total. The highest BCUT2D eigenvalue weighted by molar-refractivity contribution is 7.89. The van der Waals surface area contributed by atoms with Crippen LogP contribution in [0.5, 0.6) is 0 Å². The van der Waals surface area contributed by atoms with Crippen LogP contribution in [0, 0.1) is 5.92 Å². The summed E-state index contributed by atoms with van der Waals surface area (Å²) in [6.45, 7) is 7.26. The van der Waals surface area contributed by atoms with E-state index in [1.807, 2.05) is 0 Å². The lowest BCUT2D eigenvalue weighted by atomic mass is 9.96. The summed E-state index contributed by atoms with van der Waals surface area (Å²) in [6.07, 6.45) is -2.45. The van der Waals surface area contributed by atoms with Crippen LogP contribution < -0.4 is 10.6 Å². The van der Waals surface area contributed by atoms with Gasteiger partial charge in [-0.1, -0.05) is 43.2 Å². The number of carbonyl (C=O) groups excluding carboxylic acids is 1. The Hall–Kier alpha value is -2.11. The number of carbonyl (C=O) groups is 1. The Labute approximate surface area is 221 Å². The van der Waals surface area contributed by atoms with Crippen LogP contribution in [-0.4, -0.2) is 61.1 Å². The van der Waals surface area contributed by atoms with Crippen molar-refractivity contribution >= 4 is 33.4 Å². The molecule has 1 saturated carbocycles. The number of sulfonamides is 1. The number of amidine groups is 1. The van der Waals surface area contributed by atoms with Gasteiger partial charge in [0.05, 0.1) is 17.7 Å². The number of amides is 1. The van der Waals surface area contributed by atoms with E-state index in [1.54, 1.807) is 38.1 Å². The van der Waals surface area contributed by atoms with E-state index in [-0.39, 0.29) is 25.3 Å². The van der Waals surface area contributed by atoms with E-state index < -0.39 is 46.7 Å². The van der Waals surface area contributed by atoms with E-state index >= 15 is 0 Å². The summed E-state index contributed by atoms with van der Waals surface area (Å²) in [6, 6.07) is 6.12. The number of nitrogens with one attached hydrogen (secondary N) is 2. The Kier molecular flexibility index (Phi) is 9.34. The molecular weight excluding hydrogens is 529 g/mol. The van der Waals surface area contributed by atoms with Crippen molar-refractivity contribution in [1.29, 1.82) is 0 Å². The van der Waals surface area contributed by atoms with Crippen molar-refractivity contribution in [3.8, 4) is 0 Å². The zero-order chi connectivity index (χ0) is 27.4. The molecular formula is C25H34ClF3N4O3S. The van der Waals surface area contributed by atoms with Crippen LogP contribution in [0.4, 0.5) is 13.2 Å². The lowest BCUT2D eigenvalue weighted by Gasteiger charge is -2.24. The van der Waals surface area contributed by atoms with Crippen LogP contribution in [0.1, 0.15) is 51.5 Å². The highest BCUT2D eigenvalue weighted by Crippen LogP contribution is 2.33. The molecule has 0 saturated heterocycles. The van der Waals surface area contributed by atoms with Gasteiger partial charge in [0.1, 0.15) is 11.9 Å². The minimum Gasteiger partial charge on any atom is -0.357 e. The third kappa shape index (κ3) is 9.00. The predicted octanol–water partition coefficient (Wildman–Crippen LogP) is 4.44. The number of aliphatic imine (C=N–C) groups is 1. The van der Waals surface area contributed by atoms with Gasteiger partial charge < -0.3 is 10.6 Å². The first-order chi connectivity index (χ1) is 17.2. The molecule has 0 unspecified atom stereocenters. The highest BCUT2D eigenvalue weighted by Gasteiger charge is 2.41. The first kappa shape index (κ1) is 29.4. The second-order valence-electron chi connectivity index (χ2n) is 10.2. The molecule has 12 heteroatoms. The van der Waals surface area contributed by atoms with Gasteiger partial charge in [0.2, 0.25) is 15.9 Å². The van der Waals surface area contributed by atoms with Crippen LogP contribution >= 0.6 is 11.6 Å². The molecule has 1 aromatic rings. The molecule has 1 fully saturated rings. The van der Waals surface area contributed by atoms with Gasteiger partial charge in [-0.25, -0.2) is 8.42 Å². The SMILES string of the molecule is C=C(CCN(Cc1ccc(Cl)cc1)S(=O)(=O)CCC1CC1)C1=NC(C)(C)[C@H](C(=O)NCCC(F)(F)F)N1. The van der Waals surface area contributed by atoms with Crippen molar-refractivity contribution in [1.82, 2.24) is 14.9 Å². The van der Waals surface area contributed by atoms with Gasteiger partial charge in [-0.15, -0.1) is 0 Å². The molecule has 1 atom stereocenters. The molecule has 0 bridgehead atoms. The van der Waals surface area contributed by atoms with Gasteiger partial charge in [0, 0.05) is 24.7 Å². The van der Waals surface area contributed by atoms with Crippen LogP contribution in [0.25, 0.3) is 0 Å². The van der Waals surface area contributed by atoms with E-state index in [1.165, 1.54) is 4.31 Å². The number of hydrogen-bond acceptors (Lipinski definition) is 5. The average molecular weight is 563 g/mol. The molecule has 0 aromatic heterocycles. The van der Waals surface area contributed by atoms with Crippen molar-refractivity contribution in [2.45, 2.75) is 70.3 Å². The summed E-state index contributed by atoms with van der Waals surface area (Å²) >= 11 is 5.97. The van der Waals surface area contributed by atoms with E-state index in [9.17, 15) is 26.4 Å². The second-order valence-corrected chi connectivity index (χ2v) is 12.7. The summed E-state index contributed by atoms with van der Waals surface area (Å²) in [5.41, 5.74) is 0.398. The molecule has 3 rings (SSSR count). The Balaban J connectivity index is 1.63. The first-order valence-electron chi connectivity index (χ1n) is 12.3. The number of hydrogen-bond donors (Lipinski definition) is 2. The zero-order valence-corrected chi connectivity index (χ0v) is 22.6. The lowest BCUT2D eigenvalue weighted by Crippen LogP contribution is -2.52. The summed E-state index contributed by atoms with van der Waals surface area (Å²) in [5, 5.41) is 5.83. The molecule has 1 heterocycles. The van der Waals surface area contributed by atoms with Gasteiger partial charge in [0.25, 0.3) is 0 Å². The number of halogens is 4. The fourth-order valence-electron chi connectivity index (χ4n) is 4.03. The monoisotopic (exact) mass is 562 g/mol. The largest absolute Gasteiger partial charge is 0.390 e. The predicted molar refractivity (Wildman–Crippen MR) is 139 cm³/mol. The molecule has 1 aliphatic heterocycles. The van der Waals surface area contributed by atoms with Crippen LogP contribution in [0.15, 0.2) is 41.4 Å². The molecule has 37 heavy (non-hydrogen) atoms. The fourth-order valence-corrected chi connectivity index (χ4v) is 5.77. The fraction of sp³-hybridized carbons (Fsp3) is 0.600. The van der Waals surface area contributed by atoms with Gasteiger partial charge in [0.15, 0.2) is 0 Å². The van der Waals surface area contributed by atoms with Crippen molar-refractivity contribution in [2.75, 3.05) is 18.8 Å². The minimum absolute atomic E-state index is 0.0735. The third-order valence-corrected chi connectivity index (χ3v) is 8.60. The Bertz CT molecular complexity index is 1120. The van der Waals surface area contributed by atoms with Crippen LogP contribution in [0.2, 0.25) is 5.02 Å². The molecule has 1 amide bonds. The summed E-state index contributed by atoms with van der Waals surface area (Å²) < 4.78 is 65.1. The first-order valence-corrected chi connectivity index (χ1v) is 14.3. The zero-order valence-electron chi connectivity index (χ0n) is 21.1. The maximum Gasteiger partial charge on any atom is 0.390 e. The van der Waals surface area contributed by atoms with Crippen molar-refractivity contribution in [3.05, 3.63) is 47.0 Å². The van der Waals surface area contributed by atoms with E-state index in [0.717, 1.165) is 18.4 Å². The lowest BCUT2D eigenvalue weighted by molar-refractivity contribution is -0.136. The van der Waals surface area contributed by atoms with Gasteiger partial charge in [-0.05, 0) is 55.9 Å². The van der Waals surface area contributed by atoms with Gasteiger partial charge in [-0.2, -0.15) is 17.5 Å². The molecule has 1 aromatic carbocycles. The average Bonchev–Trinajstić information content (AvgIpc) is 3.57. The van der Waals surface area contributed by atoms with Gasteiger partial charge in [-0.3, -0.25) is 9.79 Å². The molecule has 0 radical (unpaired) electrons. The van der Waals surface area contributed by atoms with Crippen LogP contribution in [-0.2, 0) is 21.4 Å². The Morgan fingerprint density at radius 3 is 2.51 bits per heavy atom. The second kappa shape index (κ2) is 11.7. The standard InChI is InChI=1S/C25H34ClF3N4O3S/c1-17(22-31-21(24(2,3)32-22)23(34)30-13-12-25(27,28)29)10-14-33(16-19-6-8-20(26)9-7-19)37(35,36)15-11-18-4-5-18/h6-9,18,21H,1,4-5,10-16H2,2-3H3,(H,30,34)(H,31,32)/t21-/m0/s1. The number of alkyl halides is 3. The summed E-state index contributed by atoms with van der Waals surface area (Å²) in [7, 11) is -3.53. The summed E-state index contributed by atoms with van der Waals surface area (Å²) in [4.78, 5) is 17.1. The normalized spacial score (nSPS) is 19.4. The molecule has 0 spiro atoms.